The van der Waals surface area contributed by atoms with E-state index in [2.05, 4.69) is 0 Å². The molecule has 0 aromatic heterocycles. The van der Waals surface area contributed by atoms with E-state index >= 15 is 0 Å². The fourth-order valence-electron chi connectivity index (χ4n) is 4.33. The van der Waals surface area contributed by atoms with E-state index in [1.807, 2.05) is 6.92 Å². The minimum atomic E-state index is -0.466. The summed E-state index contributed by atoms with van der Waals surface area (Å²) < 4.78 is 12.0. The molecular formula is C19H33NO3. The summed E-state index contributed by atoms with van der Waals surface area (Å²) in [5, 5.41) is 0. The second-order valence-corrected chi connectivity index (χ2v) is 8.07. The third kappa shape index (κ3) is 4.93. The van der Waals surface area contributed by atoms with Gasteiger partial charge in [0, 0.05) is 6.61 Å². The third-order valence-electron chi connectivity index (χ3n) is 5.95. The molecule has 2 aliphatic carbocycles. The molecule has 0 radical (unpaired) electrons. The van der Waals surface area contributed by atoms with E-state index in [0.717, 1.165) is 37.7 Å². The van der Waals surface area contributed by atoms with Crippen LogP contribution in [0.1, 0.15) is 71.1 Å². The van der Waals surface area contributed by atoms with Crippen LogP contribution in [0.4, 0.5) is 0 Å². The van der Waals surface area contributed by atoms with Gasteiger partial charge in [-0.2, -0.15) is 0 Å². The number of ether oxygens (including phenoxy) is 2. The van der Waals surface area contributed by atoms with E-state index in [9.17, 15) is 4.79 Å². The van der Waals surface area contributed by atoms with Gasteiger partial charge in [0.05, 0.1) is 6.10 Å². The molecule has 0 bridgehead atoms. The fourth-order valence-corrected chi connectivity index (χ4v) is 4.33. The Morgan fingerprint density at radius 2 is 1.78 bits per heavy atom. The number of nitrogens with two attached hydrogens (primary N) is 1. The number of esters is 1. The van der Waals surface area contributed by atoms with Gasteiger partial charge in [0.2, 0.25) is 0 Å². The van der Waals surface area contributed by atoms with Crippen molar-refractivity contribution in [3.8, 4) is 0 Å². The quantitative estimate of drug-likeness (QED) is 0.788. The summed E-state index contributed by atoms with van der Waals surface area (Å²) >= 11 is 0. The third-order valence-corrected chi connectivity index (χ3v) is 5.95. The average Bonchev–Trinajstić information content (AvgIpc) is 3.20. The molecule has 0 spiro atoms. The Morgan fingerprint density at radius 3 is 2.48 bits per heavy atom. The molecule has 4 nitrogen and oxygen atoms in total. The Morgan fingerprint density at radius 1 is 1.04 bits per heavy atom. The highest BCUT2D eigenvalue weighted by Crippen LogP contribution is 2.37. The molecule has 23 heavy (non-hydrogen) atoms. The van der Waals surface area contributed by atoms with Crippen molar-refractivity contribution in [1.29, 1.82) is 0 Å². The van der Waals surface area contributed by atoms with Gasteiger partial charge in [0.15, 0.2) is 0 Å². The summed E-state index contributed by atoms with van der Waals surface area (Å²) in [6.45, 7) is 2.83. The minimum Gasteiger partial charge on any atom is -0.459 e. The van der Waals surface area contributed by atoms with Crippen LogP contribution in [0.2, 0.25) is 0 Å². The number of rotatable bonds is 5. The number of hydrogen-bond donors (Lipinski definition) is 1. The highest BCUT2D eigenvalue weighted by molar-refractivity contribution is 5.75. The molecule has 0 aromatic rings. The van der Waals surface area contributed by atoms with E-state index in [-0.39, 0.29) is 18.2 Å². The van der Waals surface area contributed by atoms with Gasteiger partial charge in [-0.3, -0.25) is 4.79 Å². The van der Waals surface area contributed by atoms with Crippen LogP contribution in [0.3, 0.4) is 0 Å². The lowest BCUT2D eigenvalue weighted by Gasteiger charge is -2.32. The Hall–Kier alpha value is -0.610. The molecule has 0 aromatic carbocycles. The van der Waals surface area contributed by atoms with Gasteiger partial charge < -0.3 is 15.2 Å². The fraction of sp³-hybridized carbons (Fsp3) is 0.947. The number of hydrogen-bond acceptors (Lipinski definition) is 4. The second kappa shape index (κ2) is 7.98. The van der Waals surface area contributed by atoms with E-state index < -0.39 is 6.04 Å². The highest BCUT2D eigenvalue weighted by atomic mass is 16.6. The molecule has 1 aliphatic heterocycles. The van der Waals surface area contributed by atoms with Crippen LogP contribution in [-0.2, 0) is 14.3 Å². The molecule has 3 aliphatic rings. The smallest absolute Gasteiger partial charge is 0.323 e. The van der Waals surface area contributed by atoms with Crippen molar-refractivity contribution in [3.05, 3.63) is 0 Å². The Bertz CT molecular complexity index is 390. The van der Waals surface area contributed by atoms with Gasteiger partial charge in [-0.25, -0.2) is 0 Å². The molecule has 1 heterocycles. The topological polar surface area (TPSA) is 61.5 Å². The van der Waals surface area contributed by atoms with Crippen LogP contribution in [0.5, 0.6) is 0 Å². The SMILES string of the molecule is C[C@@H]1OC(=O)[C@@H](N)CCC[C@H](CC2CCCC2)[C@H]1OCC1CC1. The van der Waals surface area contributed by atoms with E-state index in [0.29, 0.717) is 5.92 Å². The standard InChI is InChI=1S/C19H33NO3/c1-13-18(22-12-15-9-10-15)16(11-14-5-2-3-6-14)7-4-8-17(20)19(21)23-13/h13-18H,2-12,20H2,1H3/t13-,16+,17-,18-/m0/s1. The number of cyclic esters (lactones) is 1. The zero-order valence-electron chi connectivity index (χ0n) is 14.5. The van der Waals surface area contributed by atoms with Crippen LogP contribution in [0.25, 0.3) is 0 Å². The summed E-state index contributed by atoms with van der Waals surface area (Å²) in [5.74, 6) is 1.83. The first-order valence-electron chi connectivity index (χ1n) is 9.71. The summed E-state index contributed by atoms with van der Waals surface area (Å²) in [5.41, 5.74) is 5.95. The van der Waals surface area contributed by atoms with Crippen molar-refractivity contribution in [1.82, 2.24) is 0 Å². The molecule has 2 N–H and O–H groups in total. The highest BCUT2D eigenvalue weighted by Gasteiger charge is 2.36. The van der Waals surface area contributed by atoms with Gasteiger partial charge in [0.1, 0.15) is 12.1 Å². The molecule has 0 unspecified atom stereocenters. The minimum absolute atomic E-state index is 0.0467. The number of carbonyl (C=O) groups is 1. The Balaban J connectivity index is 1.67. The van der Waals surface area contributed by atoms with Gasteiger partial charge in [-0.05, 0) is 56.8 Å². The average molecular weight is 323 g/mol. The lowest BCUT2D eigenvalue weighted by atomic mass is 9.84. The maximum absolute atomic E-state index is 12.1. The first kappa shape index (κ1) is 17.2. The lowest BCUT2D eigenvalue weighted by molar-refractivity contribution is -0.160. The van der Waals surface area contributed by atoms with E-state index in [4.69, 9.17) is 15.2 Å². The van der Waals surface area contributed by atoms with Crippen LogP contribution in [-0.4, -0.2) is 30.8 Å². The molecule has 4 atom stereocenters. The van der Waals surface area contributed by atoms with Gasteiger partial charge in [-0.1, -0.05) is 32.1 Å². The van der Waals surface area contributed by atoms with Gasteiger partial charge in [0.25, 0.3) is 0 Å². The zero-order chi connectivity index (χ0) is 16.2. The summed E-state index contributed by atoms with van der Waals surface area (Å²) in [6.07, 6.45) is 12.0. The van der Waals surface area contributed by atoms with Crippen LogP contribution < -0.4 is 5.73 Å². The first-order chi connectivity index (χ1) is 11.1. The molecule has 132 valence electrons. The van der Waals surface area contributed by atoms with Crippen molar-refractivity contribution >= 4 is 5.97 Å². The molecule has 2 saturated carbocycles. The van der Waals surface area contributed by atoms with E-state index in [1.165, 1.54) is 44.9 Å². The molecular weight excluding hydrogens is 290 g/mol. The first-order valence-corrected chi connectivity index (χ1v) is 9.71. The summed E-state index contributed by atoms with van der Waals surface area (Å²) in [6, 6.07) is -0.466. The van der Waals surface area contributed by atoms with Gasteiger partial charge in [-0.15, -0.1) is 0 Å². The molecule has 3 rings (SSSR count). The maximum atomic E-state index is 12.1. The maximum Gasteiger partial charge on any atom is 0.323 e. The normalized spacial score (nSPS) is 37.0. The van der Waals surface area contributed by atoms with E-state index in [1.54, 1.807) is 0 Å². The molecule has 1 saturated heterocycles. The molecule has 4 heteroatoms. The van der Waals surface area contributed by atoms with Crippen LogP contribution in [0.15, 0.2) is 0 Å². The van der Waals surface area contributed by atoms with Crippen LogP contribution in [0, 0.1) is 17.8 Å². The summed E-state index contributed by atoms with van der Waals surface area (Å²) in [7, 11) is 0. The monoisotopic (exact) mass is 323 g/mol. The van der Waals surface area contributed by atoms with Crippen LogP contribution >= 0.6 is 0 Å². The summed E-state index contributed by atoms with van der Waals surface area (Å²) in [4.78, 5) is 12.1. The predicted octanol–water partition coefficient (Wildman–Crippen LogP) is 3.42. The number of carbonyl (C=O) groups excluding carboxylic acids is 1. The van der Waals surface area contributed by atoms with Crippen molar-refractivity contribution in [2.75, 3.05) is 6.61 Å². The molecule has 0 amide bonds. The van der Waals surface area contributed by atoms with Gasteiger partial charge >= 0.3 is 5.97 Å². The largest absolute Gasteiger partial charge is 0.459 e. The zero-order valence-corrected chi connectivity index (χ0v) is 14.5. The Kier molecular flexibility index (Phi) is 5.97. The lowest BCUT2D eigenvalue weighted by Crippen LogP contribution is -2.40. The Labute approximate surface area is 140 Å². The molecule has 3 fully saturated rings. The second-order valence-electron chi connectivity index (χ2n) is 8.07. The van der Waals surface area contributed by atoms with Crippen molar-refractivity contribution in [2.45, 2.75) is 89.4 Å². The van der Waals surface area contributed by atoms with Crippen molar-refractivity contribution < 1.29 is 14.3 Å². The van der Waals surface area contributed by atoms with Crippen molar-refractivity contribution in [2.24, 2.45) is 23.5 Å². The van der Waals surface area contributed by atoms with Crippen molar-refractivity contribution in [3.63, 3.8) is 0 Å². The predicted molar refractivity (Wildman–Crippen MR) is 89.9 cm³/mol.